The van der Waals surface area contributed by atoms with Gasteiger partial charge in [0.15, 0.2) is 0 Å². The third kappa shape index (κ3) is 3.61. The van der Waals surface area contributed by atoms with Crippen molar-refractivity contribution in [2.75, 3.05) is 11.5 Å². The molecule has 0 amide bonds. The molecule has 0 atom stereocenters. The molecule has 1 heterocycles. The van der Waals surface area contributed by atoms with E-state index in [-0.39, 0.29) is 0 Å². The van der Waals surface area contributed by atoms with Crippen LogP contribution in [0.4, 0.5) is 0 Å². The Hall–Kier alpha value is 0.0200. The largest absolute Gasteiger partial charge is 0.300 e. The molecule has 0 aliphatic carbocycles. The van der Waals surface area contributed by atoms with Crippen LogP contribution in [-0.4, -0.2) is 17.3 Å². The molecule has 0 aromatic rings. The van der Waals surface area contributed by atoms with Gasteiger partial charge in [-0.1, -0.05) is 6.92 Å². The van der Waals surface area contributed by atoms with Crippen molar-refractivity contribution in [3.63, 3.8) is 0 Å². The molecule has 1 fully saturated rings. The summed E-state index contributed by atoms with van der Waals surface area (Å²) in [6.45, 7) is 2.08. The highest BCUT2D eigenvalue weighted by molar-refractivity contribution is 7.99. The van der Waals surface area contributed by atoms with Crippen molar-refractivity contribution >= 4 is 17.5 Å². The van der Waals surface area contributed by atoms with Crippen LogP contribution in [0.1, 0.15) is 39.0 Å². The van der Waals surface area contributed by atoms with E-state index in [2.05, 4.69) is 6.92 Å². The van der Waals surface area contributed by atoms with Crippen molar-refractivity contribution in [3.8, 4) is 0 Å². The van der Waals surface area contributed by atoms with Crippen LogP contribution in [0.25, 0.3) is 0 Å². The molecule has 1 rings (SSSR count). The van der Waals surface area contributed by atoms with Gasteiger partial charge in [0, 0.05) is 12.8 Å². The van der Waals surface area contributed by atoms with Crippen molar-refractivity contribution in [2.45, 2.75) is 39.0 Å². The summed E-state index contributed by atoms with van der Waals surface area (Å²) >= 11 is 2.03. The van der Waals surface area contributed by atoms with Crippen LogP contribution in [-0.2, 0) is 4.79 Å². The monoisotopic (exact) mass is 186 g/mol. The maximum absolute atomic E-state index is 11.3. The Morgan fingerprint density at radius 3 is 2.67 bits per heavy atom. The van der Waals surface area contributed by atoms with Gasteiger partial charge in [0.05, 0.1) is 0 Å². The summed E-state index contributed by atoms with van der Waals surface area (Å²) in [5.41, 5.74) is 0. The van der Waals surface area contributed by atoms with Crippen LogP contribution in [0.3, 0.4) is 0 Å². The Bertz CT molecular complexity index is 139. The van der Waals surface area contributed by atoms with Gasteiger partial charge in [0.1, 0.15) is 5.78 Å². The smallest absolute Gasteiger partial charge is 0.133 e. The van der Waals surface area contributed by atoms with E-state index in [1.54, 1.807) is 0 Å². The molecule has 0 aromatic heterocycles. The van der Waals surface area contributed by atoms with E-state index < -0.39 is 0 Å². The lowest BCUT2D eigenvalue weighted by molar-refractivity contribution is -0.120. The van der Waals surface area contributed by atoms with Gasteiger partial charge in [-0.15, -0.1) is 0 Å². The average Bonchev–Trinajstić information content (AvgIpc) is 2.06. The van der Waals surface area contributed by atoms with E-state index in [0.717, 1.165) is 19.3 Å². The van der Waals surface area contributed by atoms with Gasteiger partial charge in [0.25, 0.3) is 0 Å². The van der Waals surface area contributed by atoms with Gasteiger partial charge >= 0.3 is 0 Å². The lowest BCUT2D eigenvalue weighted by Gasteiger charge is -2.20. The van der Waals surface area contributed by atoms with E-state index >= 15 is 0 Å². The molecule has 0 spiro atoms. The fourth-order valence-corrected chi connectivity index (χ4v) is 2.86. The van der Waals surface area contributed by atoms with Crippen LogP contribution in [0.2, 0.25) is 0 Å². The molecule has 0 bridgehead atoms. The fraction of sp³-hybridized carbons (Fsp3) is 0.900. The maximum atomic E-state index is 11.3. The maximum Gasteiger partial charge on any atom is 0.133 e. The first-order chi connectivity index (χ1) is 5.83. The number of thioether (sulfide) groups is 1. The molecule has 0 N–H and O–H groups in total. The normalized spacial score (nSPS) is 19.4. The van der Waals surface area contributed by atoms with Crippen molar-refractivity contribution in [2.24, 2.45) is 5.92 Å². The number of hydrogen-bond acceptors (Lipinski definition) is 2. The van der Waals surface area contributed by atoms with Crippen LogP contribution in [0.15, 0.2) is 0 Å². The summed E-state index contributed by atoms with van der Waals surface area (Å²) in [6, 6.07) is 0. The van der Waals surface area contributed by atoms with Crippen LogP contribution < -0.4 is 0 Å². The fourth-order valence-electron chi connectivity index (χ4n) is 1.65. The van der Waals surface area contributed by atoms with Crippen molar-refractivity contribution in [1.82, 2.24) is 0 Å². The quantitative estimate of drug-likeness (QED) is 0.671. The molecule has 70 valence electrons. The van der Waals surface area contributed by atoms with Crippen LogP contribution in [0.5, 0.6) is 0 Å². The molecule has 12 heavy (non-hydrogen) atoms. The Morgan fingerprint density at radius 1 is 1.42 bits per heavy atom. The first kappa shape index (κ1) is 10.1. The Morgan fingerprint density at radius 2 is 2.08 bits per heavy atom. The van der Waals surface area contributed by atoms with E-state index in [1.807, 2.05) is 11.8 Å². The number of Topliss-reactive ketones (excluding diaryl/α,β-unsaturated/α-hetero) is 1. The van der Waals surface area contributed by atoms with Gasteiger partial charge < -0.3 is 0 Å². The molecule has 1 aliphatic heterocycles. The van der Waals surface area contributed by atoms with Gasteiger partial charge in [-0.3, -0.25) is 4.79 Å². The molecule has 1 nitrogen and oxygen atoms in total. The first-order valence-corrected chi connectivity index (χ1v) is 6.08. The third-order valence-corrected chi connectivity index (χ3v) is 3.43. The average molecular weight is 186 g/mol. The number of ketones is 1. The SMILES string of the molecule is CCCC(=O)CC1CCSCC1. The predicted octanol–water partition coefficient (Wildman–Crippen LogP) is 2.89. The summed E-state index contributed by atoms with van der Waals surface area (Å²) in [7, 11) is 0. The molecular weight excluding hydrogens is 168 g/mol. The van der Waals surface area contributed by atoms with Crippen molar-refractivity contribution in [3.05, 3.63) is 0 Å². The van der Waals surface area contributed by atoms with Gasteiger partial charge in [-0.2, -0.15) is 11.8 Å². The second-order valence-corrected chi connectivity index (χ2v) is 4.77. The molecule has 1 saturated heterocycles. The molecule has 0 unspecified atom stereocenters. The van der Waals surface area contributed by atoms with E-state index in [9.17, 15) is 4.79 Å². The number of carbonyl (C=O) groups excluding carboxylic acids is 1. The molecule has 2 heteroatoms. The summed E-state index contributed by atoms with van der Waals surface area (Å²) in [5, 5.41) is 0. The second kappa shape index (κ2) is 5.63. The Balaban J connectivity index is 2.15. The van der Waals surface area contributed by atoms with Crippen LogP contribution in [0, 0.1) is 5.92 Å². The highest BCUT2D eigenvalue weighted by atomic mass is 32.2. The van der Waals surface area contributed by atoms with Gasteiger partial charge in [-0.05, 0) is 36.7 Å². The zero-order chi connectivity index (χ0) is 8.81. The third-order valence-electron chi connectivity index (χ3n) is 2.39. The predicted molar refractivity (Wildman–Crippen MR) is 54.6 cm³/mol. The number of hydrogen-bond donors (Lipinski definition) is 0. The molecule has 0 radical (unpaired) electrons. The van der Waals surface area contributed by atoms with Crippen LogP contribution >= 0.6 is 11.8 Å². The highest BCUT2D eigenvalue weighted by Crippen LogP contribution is 2.25. The lowest BCUT2D eigenvalue weighted by atomic mass is 9.95. The first-order valence-electron chi connectivity index (χ1n) is 4.92. The second-order valence-electron chi connectivity index (χ2n) is 3.55. The minimum Gasteiger partial charge on any atom is -0.300 e. The van der Waals surface area contributed by atoms with Gasteiger partial charge in [0.2, 0.25) is 0 Å². The highest BCUT2D eigenvalue weighted by Gasteiger charge is 2.16. The molecule has 0 aromatic carbocycles. The summed E-state index contributed by atoms with van der Waals surface area (Å²) < 4.78 is 0. The van der Waals surface area contributed by atoms with E-state index in [4.69, 9.17) is 0 Å². The van der Waals surface area contributed by atoms with Crippen molar-refractivity contribution in [1.29, 1.82) is 0 Å². The van der Waals surface area contributed by atoms with Gasteiger partial charge in [-0.25, -0.2) is 0 Å². The number of carbonyl (C=O) groups is 1. The van der Waals surface area contributed by atoms with Crippen molar-refractivity contribution < 1.29 is 4.79 Å². The lowest BCUT2D eigenvalue weighted by Crippen LogP contribution is -2.14. The van der Waals surface area contributed by atoms with E-state index in [1.165, 1.54) is 24.3 Å². The molecule has 1 aliphatic rings. The topological polar surface area (TPSA) is 17.1 Å². The minimum atomic E-state index is 0.481. The Kier molecular flexibility index (Phi) is 4.74. The van der Waals surface area contributed by atoms with E-state index in [0.29, 0.717) is 11.7 Å². The zero-order valence-corrected chi connectivity index (χ0v) is 8.66. The summed E-state index contributed by atoms with van der Waals surface area (Å²) in [6.07, 6.45) is 5.19. The summed E-state index contributed by atoms with van der Waals surface area (Å²) in [5.74, 6) is 3.73. The zero-order valence-electron chi connectivity index (χ0n) is 7.84. The Labute approximate surface area is 79.3 Å². The summed E-state index contributed by atoms with van der Waals surface area (Å²) in [4.78, 5) is 11.3. The number of rotatable bonds is 4. The minimum absolute atomic E-state index is 0.481. The molecular formula is C10H18OS. The standard InChI is InChI=1S/C10H18OS/c1-2-3-10(11)8-9-4-6-12-7-5-9/h9H,2-8H2,1H3. The molecule has 0 saturated carbocycles.